The standard InChI is InChI=1S/C21H23FN4O3S/c1-13-8-14(2)21(19(9-13)24-27)30(28,29)25-15(3)11-26-12-16(6-7-23)18-10-17(22)4-5-20(18)26/h4-5,8-10,12,15,24-25,27H,6,11H2,1-3H3/t15-/m0/s1. The van der Waals surface area contributed by atoms with Crippen molar-refractivity contribution in [2.24, 2.45) is 0 Å². The Kier molecular flexibility index (Phi) is 6.12. The Morgan fingerprint density at radius 1 is 1.27 bits per heavy atom. The van der Waals surface area contributed by atoms with Crippen LogP contribution in [-0.4, -0.2) is 24.2 Å². The minimum atomic E-state index is -3.93. The van der Waals surface area contributed by atoms with Crippen LogP contribution in [0.2, 0.25) is 0 Å². The number of anilines is 1. The van der Waals surface area contributed by atoms with Gasteiger partial charge in [-0.3, -0.25) is 10.7 Å². The molecule has 3 N–H and O–H groups in total. The van der Waals surface area contributed by atoms with Gasteiger partial charge < -0.3 is 4.57 Å². The summed E-state index contributed by atoms with van der Waals surface area (Å²) in [5.74, 6) is -0.396. The Hall–Kier alpha value is -2.93. The van der Waals surface area contributed by atoms with Crippen molar-refractivity contribution in [3.05, 3.63) is 59.0 Å². The molecule has 0 bridgehead atoms. The molecule has 0 unspecified atom stereocenters. The van der Waals surface area contributed by atoms with Crippen molar-refractivity contribution in [3.8, 4) is 6.07 Å². The Morgan fingerprint density at radius 3 is 2.67 bits per heavy atom. The molecule has 0 saturated carbocycles. The summed E-state index contributed by atoms with van der Waals surface area (Å²) in [6.07, 6.45) is 1.87. The second-order valence-corrected chi connectivity index (χ2v) is 9.05. The lowest BCUT2D eigenvalue weighted by Gasteiger charge is -2.19. The molecule has 2 aromatic carbocycles. The van der Waals surface area contributed by atoms with E-state index in [1.807, 2.05) is 10.0 Å². The molecule has 0 spiro atoms. The summed E-state index contributed by atoms with van der Waals surface area (Å²) in [5.41, 5.74) is 4.78. The highest BCUT2D eigenvalue weighted by Gasteiger charge is 2.24. The van der Waals surface area contributed by atoms with Gasteiger partial charge in [-0.05, 0) is 61.7 Å². The summed E-state index contributed by atoms with van der Waals surface area (Å²) in [6.45, 7) is 5.46. The minimum Gasteiger partial charge on any atom is -0.346 e. The first kappa shape index (κ1) is 21.8. The second-order valence-electron chi connectivity index (χ2n) is 7.40. The molecule has 7 nitrogen and oxygen atoms in total. The van der Waals surface area contributed by atoms with Gasteiger partial charge in [-0.2, -0.15) is 5.26 Å². The summed E-state index contributed by atoms with van der Waals surface area (Å²) in [5, 5.41) is 19.1. The molecule has 158 valence electrons. The molecule has 1 heterocycles. The largest absolute Gasteiger partial charge is 0.346 e. The van der Waals surface area contributed by atoms with E-state index in [2.05, 4.69) is 10.8 Å². The number of nitrogens with zero attached hydrogens (tertiary/aromatic N) is 2. The third-order valence-electron chi connectivity index (χ3n) is 4.83. The van der Waals surface area contributed by atoms with Crippen LogP contribution < -0.4 is 10.2 Å². The molecule has 0 aliphatic carbocycles. The van der Waals surface area contributed by atoms with Crippen LogP contribution in [0.15, 0.2) is 41.4 Å². The fourth-order valence-corrected chi connectivity index (χ4v) is 5.37. The van der Waals surface area contributed by atoms with Gasteiger partial charge in [0.2, 0.25) is 10.0 Å². The lowest BCUT2D eigenvalue weighted by atomic mass is 10.1. The number of nitrogens with one attached hydrogen (secondary N) is 2. The molecule has 30 heavy (non-hydrogen) atoms. The van der Waals surface area contributed by atoms with Crippen LogP contribution in [0, 0.1) is 31.0 Å². The summed E-state index contributed by atoms with van der Waals surface area (Å²) in [4.78, 5) is -0.0212. The Labute approximate surface area is 174 Å². The number of aryl methyl sites for hydroxylation is 2. The molecule has 0 aliphatic rings. The summed E-state index contributed by atoms with van der Waals surface area (Å²) in [7, 11) is -3.93. The molecule has 0 aliphatic heterocycles. The first-order chi connectivity index (χ1) is 14.2. The third-order valence-corrected chi connectivity index (χ3v) is 6.62. The van der Waals surface area contributed by atoms with Crippen LogP contribution in [0.1, 0.15) is 23.6 Å². The molecule has 3 aromatic rings. The summed E-state index contributed by atoms with van der Waals surface area (Å²) >= 11 is 0. The lowest BCUT2D eigenvalue weighted by Crippen LogP contribution is -2.36. The molecule has 1 aromatic heterocycles. The zero-order chi connectivity index (χ0) is 22.1. The maximum Gasteiger partial charge on any atom is 0.243 e. The van der Waals surface area contributed by atoms with Crippen molar-refractivity contribution in [1.82, 2.24) is 9.29 Å². The maximum absolute atomic E-state index is 13.7. The van der Waals surface area contributed by atoms with E-state index in [9.17, 15) is 18.0 Å². The predicted octanol–water partition coefficient (Wildman–Crippen LogP) is 3.63. The van der Waals surface area contributed by atoms with Crippen LogP contribution in [0.5, 0.6) is 0 Å². The van der Waals surface area contributed by atoms with Crippen molar-refractivity contribution in [2.45, 2.75) is 44.7 Å². The highest BCUT2D eigenvalue weighted by atomic mass is 32.2. The van der Waals surface area contributed by atoms with Crippen LogP contribution in [0.3, 0.4) is 0 Å². The van der Waals surface area contributed by atoms with Gasteiger partial charge >= 0.3 is 0 Å². The normalized spacial score (nSPS) is 12.7. The van der Waals surface area contributed by atoms with E-state index in [0.29, 0.717) is 16.5 Å². The number of aromatic nitrogens is 1. The monoisotopic (exact) mass is 430 g/mol. The highest BCUT2D eigenvalue weighted by Crippen LogP contribution is 2.27. The van der Waals surface area contributed by atoms with Crippen molar-refractivity contribution in [2.75, 3.05) is 5.48 Å². The first-order valence-electron chi connectivity index (χ1n) is 9.34. The fourth-order valence-electron chi connectivity index (χ4n) is 3.77. The second kappa shape index (κ2) is 8.44. The molecule has 9 heteroatoms. The zero-order valence-corrected chi connectivity index (χ0v) is 17.7. The van der Waals surface area contributed by atoms with Gasteiger partial charge in [0.1, 0.15) is 10.7 Å². The molecule has 3 rings (SSSR count). The topological polar surface area (TPSA) is 107 Å². The van der Waals surface area contributed by atoms with E-state index in [-0.39, 0.29) is 23.5 Å². The van der Waals surface area contributed by atoms with E-state index in [0.717, 1.165) is 11.1 Å². The number of rotatable bonds is 7. The van der Waals surface area contributed by atoms with Crippen LogP contribution >= 0.6 is 0 Å². The highest BCUT2D eigenvalue weighted by molar-refractivity contribution is 7.89. The van der Waals surface area contributed by atoms with Crippen LogP contribution in [0.25, 0.3) is 10.9 Å². The number of nitriles is 1. The van der Waals surface area contributed by atoms with E-state index in [1.165, 1.54) is 12.1 Å². The number of hydrogen-bond acceptors (Lipinski definition) is 5. The van der Waals surface area contributed by atoms with Crippen molar-refractivity contribution >= 4 is 26.6 Å². The van der Waals surface area contributed by atoms with Gasteiger partial charge in [-0.1, -0.05) is 6.07 Å². The van der Waals surface area contributed by atoms with Crippen molar-refractivity contribution in [1.29, 1.82) is 5.26 Å². The van der Waals surface area contributed by atoms with E-state index in [4.69, 9.17) is 5.26 Å². The molecule has 0 radical (unpaired) electrons. The first-order valence-corrected chi connectivity index (χ1v) is 10.8. The van der Waals surface area contributed by atoms with Gasteiger partial charge in [-0.25, -0.2) is 17.5 Å². The molecule has 0 saturated heterocycles. The fraction of sp³-hybridized carbons (Fsp3) is 0.286. The third kappa shape index (κ3) is 4.31. The maximum atomic E-state index is 13.7. The quantitative estimate of drug-likeness (QED) is 0.496. The van der Waals surface area contributed by atoms with Gasteiger partial charge in [0.05, 0.1) is 18.2 Å². The van der Waals surface area contributed by atoms with Gasteiger partial charge in [-0.15, -0.1) is 0 Å². The van der Waals surface area contributed by atoms with E-state index in [1.54, 1.807) is 45.2 Å². The smallest absolute Gasteiger partial charge is 0.243 e. The Morgan fingerprint density at radius 2 is 2.00 bits per heavy atom. The molecular weight excluding hydrogens is 407 g/mol. The van der Waals surface area contributed by atoms with Crippen molar-refractivity contribution < 1.29 is 18.0 Å². The average Bonchev–Trinajstić information content (AvgIpc) is 2.96. The number of hydrogen-bond donors (Lipinski definition) is 3. The van der Waals surface area contributed by atoms with E-state index >= 15 is 0 Å². The predicted molar refractivity (Wildman–Crippen MR) is 112 cm³/mol. The molecule has 0 amide bonds. The SMILES string of the molecule is Cc1cc(C)c(S(=O)(=O)N[C@@H](C)Cn2cc(CC#N)c3cc(F)ccc32)c(NO)c1. The number of halogens is 1. The van der Waals surface area contributed by atoms with Crippen molar-refractivity contribution in [3.63, 3.8) is 0 Å². The average molecular weight is 431 g/mol. The summed E-state index contributed by atoms with van der Waals surface area (Å²) in [6, 6.07) is 9.15. The minimum absolute atomic E-state index is 0.0212. The van der Waals surface area contributed by atoms with Gasteiger partial charge in [0.15, 0.2) is 0 Å². The number of benzene rings is 2. The molecule has 1 atom stereocenters. The van der Waals surface area contributed by atoms with Crippen LogP contribution in [0.4, 0.5) is 10.1 Å². The number of fused-ring (bicyclic) bond motifs is 1. The zero-order valence-electron chi connectivity index (χ0n) is 16.9. The number of sulfonamides is 1. The van der Waals surface area contributed by atoms with Crippen LogP contribution in [-0.2, 0) is 23.0 Å². The Balaban J connectivity index is 1.91. The molecular formula is C21H23FN4O3S. The lowest BCUT2D eigenvalue weighted by molar-refractivity contribution is 0.386. The molecule has 0 fully saturated rings. The Bertz CT molecular complexity index is 1250. The van der Waals surface area contributed by atoms with Gasteiger partial charge in [0.25, 0.3) is 0 Å². The summed E-state index contributed by atoms with van der Waals surface area (Å²) < 4.78 is 44.1. The van der Waals surface area contributed by atoms with Gasteiger partial charge in [0, 0.05) is 29.7 Å². The van der Waals surface area contributed by atoms with E-state index < -0.39 is 21.9 Å².